The summed E-state index contributed by atoms with van der Waals surface area (Å²) in [6, 6.07) is 9.37. The number of benzene rings is 1. The Labute approximate surface area is 89.0 Å². The number of aliphatic hydroxyl groups excluding tert-OH is 1. The molecule has 0 heterocycles. The lowest BCUT2D eigenvalue weighted by atomic mass is 10.1. The smallest absolute Gasteiger partial charge is 0.332 e. The van der Waals surface area contributed by atoms with E-state index in [0.29, 0.717) is 6.42 Å². The first-order valence-corrected chi connectivity index (χ1v) is 4.77. The molecule has 1 atom stereocenters. The van der Waals surface area contributed by atoms with Crippen molar-refractivity contribution in [1.82, 2.24) is 0 Å². The molecule has 15 heavy (non-hydrogen) atoms. The molecule has 0 bridgehead atoms. The van der Waals surface area contributed by atoms with Gasteiger partial charge in [0.05, 0.1) is 0 Å². The Morgan fingerprint density at radius 1 is 1.47 bits per heavy atom. The van der Waals surface area contributed by atoms with Crippen LogP contribution in [0, 0.1) is 0 Å². The van der Waals surface area contributed by atoms with Gasteiger partial charge in [0.2, 0.25) is 6.29 Å². The van der Waals surface area contributed by atoms with Gasteiger partial charge in [-0.05, 0) is 12.5 Å². The highest BCUT2D eigenvalue weighted by atomic mass is 16.6. The molecule has 0 radical (unpaired) electrons. The van der Waals surface area contributed by atoms with E-state index in [4.69, 9.17) is 4.74 Å². The van der Waals surface area contributed by atoms with E-state index >= 15 is 0 Å². The highest BCUT2D eigenvalue weighted by Crippen LogP contribution is 2.04. The Morgan fingerprint density at radius 3 is 2.73 bits per heavy atom. The van der Waals surface area contributed by atoms with E-state index in [2.05, 4.69) is 0 Å². The molecule has 0 spiro atoms. The lowest BCUT2D eigenvalue weighted by Gasteiger charge is -2.10. The number of esters is 1. The van der Waals surface area contributed by atoms with E-state index in [1.807, 2.05) is 30.3 Å². The maximum atomic E-state index is 11.0. The lowest BCUT2D eigenvalue weighted by Crippen LogP contribution is -2.18. The van der Waals surface area contributed by atoms with Gasteiger partial charge in [-0.25, -0.2) is 4.79 Å². The molecule has 0 aromatic heterocycles. The quantitative estimate of drug-likeness (QED) is 0.463. The van der Waals surface area contributed by atoms with Crippen LogP contribution < -0.4 is 0 Å². The Hall–Kier alpha value is -1.61. The van der Waals surface area contributed by atoms with Crippen molar-refractivity contribution in [2.24, 2.45) is 0 Å². The number of carbonyl (C=O) groups excluding carboxylic acids is 1. The Bertz CT molecular complexity index is 330. The summed E-state index contributed by atoms with van der Waals surface area (Å²) in [5.74, 6) is -0.527. The molecule has 3 heteroatoms. The van der Waals surface area contributed by atoms with Gasteiger partial charge in [0, 0.05) is 12.5 Å². The minimum absolute atomic E-state index is 0.310. The topological polar surface area (TPSA) is 46.5 Å². The number of carbonyl (C=O) groups is 1. The van der Waals surface area contributed by atoms with Crippen molar-refractivity contribution in [2.75, 3.05) is 0 Å². The van der Waals surface area contributed by atoms with E-state index in [-0.39, 0.29) is 0 Å². The monoisotopic (exact) mass is 206 g/mol. The predicted octanol–water partition coefficient (Wildman–Crippen LogP) is 1.67. The summed E-state index contributed by atoms with van der Waals surface area (Å²) >= 11 is 0. The van der Waals surface area contributed by atoms with Crippen molar-refractivity contribution in [3.05, 3.63) is 48.0 Å². The molecule has 1 rings (SSSR count). The highest BCUT2D eigenvalue weighted by Gasteiger charge is 2.08. The van der Waals surface area contributed by atoms with Gasteiger partial charge < -0.3 is 9.84 Å². The number of hydrogen-bond donors (Lipinski definition) is 1. The van der Waals surface area contributed by atoms with Gasteiger partial charge in [-0.2, -0.15) is 0 Å². The van der Waals surface area contributed by atoms with Crippen LogP contribution in [0.25, 0.3) is 0 Å². The first kappa shape index (κ1) is 11.5. The SMILES string of the molecule is CC=CC(=O)OC(O)Cc1ccccc1. The standard InChI is InChI=1S/C12H14O3/c1-2-6-11(13)15-12(14)9-10-7-4-3-5-8-10/h2-8,12,14H,9H2,1H3. The minimum atomic E-state index is -1.09. The third-order valence-corrected chi connectivity index (χ3v) is 1.81. The second-order valence-electron chi connectivity index (χ2n) is 3.08. The van der Waals surface area contributed by atoms with Crippen molar-refractivity contribution in [1.29, 1.82) is 0 Å². The van der Waals surface area contributed by atoms with Crippen molar-refractivity contribution >= 4 is 5.97 Å². The maximum absolute atomic E-state index is 11.0. The second-order valence-corrected chi connectivity index (χ2v) is 3.08. The Morgan fingerprint density at radius 2 is 2.13 bits per heavy atom. The molecule has 1 aromatic rings. The van der Waals surface area contributed by atoms with Crippen LogP contribution in [0.2, 0.25) is 0 Å². The molecule has 80 valence electrons. The fraction of sp³-hybridized carbons (Fsp3) is 0.250. The first-order valence-electron chi connectivity index (χ1n) is 4.77. The summed E-state index contributed by atoms with van der Waals surface area (Å²) in [4.78, 5) is 11.0. The van der Waals surface area contributed by atoms with E-state index < -0.39 is 12.3 Å². The van der Waals surface area contributed by atoms with Crippen LogP contribution in [0.4, 0.5) is 0 Å². The number of rotatable bonds is 4. The molecular formula is C12H14O3. The number of allylic oxidation sites excluding steroid dienone is 1. The van der Waals surface area contributed by atoms with Crippen molar-refractivity contribution < 1.29 is 14.6 Å². The summed E-state index contributed by atoms with van der Waals surface area (Å²) in [6.45, 7) is 1.71. The summed E-state index contributed by atoms with van der Waals surface area (Å²) in [5, 5.41) is 9.42. The molecule has 1 unspecified atom stereocenters. The largest absolute Gasteiger partial charge is 0.432 e. The van der Waals surface area contributed by atoms with Crippen molar-refractivity contribution in [2.45, 2.75) is 19.6 Å². The van der Waals surface area contributed by atoms with Crippen LogP contribution in [-0.4, -0.2) is 17.4 Å². The number of ether oxygens (including phenoxy) is 1. The van der Waals surface area contributed by atoms with Crippen molar-refractivity contribution in [3.63, 3.8) is 0 Å². The zero-order valence-corrected chi connectivity index (χ0v) is 8.59. The van der Waals surface area contributed by atoms with Crippen LogP contribution in [0.3, 0.4) is 0 Å². The van der Waals surface area contributed by atoms with E-state index in [1.54, 1.807) is 13.0 Å². The van der Waals surface area contributed by atoms with Gasteiger partial charge in [-0.1, -0.05) is 36.4 Å². The lowest BCUT2D eigenvalue weighted by molar-refractivity contribution is -0.161. The summed E-state index contributed by atoms with van der Waals surface area (Å²) in [7, 11) is 0. The molecular weight excluding hydrogens is 192 g/mol. The van der Waals surface area contributed by atoms with Gasteiger partial charge in [0.25, 0.3) is 0 Å². The highest BCUT2D eigenvalue weighted by molar-refractivity contribution is 5.81. The van der Waals surface area contributed by atoms with Gasteiger partial charge in [-0.15, -0.1) is 0 Å². The van der Waals surface area contributed by atoms with Gasteiger partial charge in [0.1, 0.15) is 0 Å². The van der Waals surface area contributed by atoms with Crippen LogP contribution >= 0.6 is 0 Å². The molecule has 0 aliphatic carbocycles. The summed E-state index contributed by atoms with van der Waals surface area (Å²) in [5.41, 5.74) is 0.929. The molecule has 0 amide bonds. The zero-order chi connectivity index (χ0) is 11.1. The Kier molecular flexibility index (Phi) is 4.57. The average Bonchev–Trinajstić information content (AvgIpc) is 2.19. The van der Waals surface area contributed by atoms with E-state index in [1.165, 1.54) is 6.08 Å². The fourth-order valence-corrected chi connectivity index (χ4v) is 1.17. The average molecular weight is 206 g/mol. The molecule has 0 aliphatic rings. The minimum Gasteiger partial charge on any atom is -0.432 e. The van der Waals surface area contributed by atoms with Gasteiger partial charge in [0.15, 0.2) is 0 Å². The number of hydrogen-bond acceptors (Lipinski definition) is 3. The predicted molar refractivity (Wildman–Crippen MR) is 57.1 cm³/mol. The van der Waals surface area contributed by atoms with Crippen molar-refractivity contribution in [3.8, 4) is 0 Å². The third kappa shape index (κ3) is 4.42. The molecule has 0 saturated heterocycles. The molecule has 1 N–H and O–H groups in total. The van der Waals surface area contributed by atoms with Gasteiger partial charge in [-0.3, -0.25) is 0 Å². The Balaban J connectivity index is 2.43. The second kappa shape index (κ2) is 5.98. The van der Waals surface area contributed by atoms with Gasteiger partial charge >= 0.3 is 5.97 Å². The van der Waals surface area contributed by atoms with Crippen LogP contribution in [0.15, 0.2) is 42.5 Å². The zero-order valence-electron chi connectivity index (χ0n) is 8.59. The summed E-state index contributed by atoms with van der Waals surface area (Å²) in [6.07, 6.45) is 2.06. The normalized spacial score (nSPS) is 12.7. The molecule has 0 fully saturated rings. The molecule has 1 aromatic carbocycles. The fourth-order valence-electron chi connectivity index (χ4n) is 1.17. The third-order valence-electron chi connectivity index (χ3n) is 1.81. The summed E-state index contributed by atoms with van der Waals surface area (Å²) < 4.78 is 4.72. The maximum Gasteiger partial charge on any atom is 0.332 e. The number of aliphatic hydroxyl groups is 1. The molecule has 0 saturated carbocycles. The van der Waals surface area contributed by atoms with Crippen LogP contribution in [0.5, 0.6) is 0 Å². The molecule has 3 nitrogen and oxygen atoms in total. The van der Waals surface area contributed by atoms with Crippen LogP contribution in [-0.2, 0) is 16.0 Å². The van der Waals surface area contributed by atoms with Crippen LogP contribution in [0.1, 0.15) is 12.5 Å². The van der Waals surface area contributed by atoms with E-state index in [0.717, 1.165) is 5.56 Å². The first-order chi connectivity index (χ1) is 7.22. The van der Waals surface area contributed by atoms with E-state index in [9.17, 15) is 9.90 Å². The molecule has 0 aliphatic heterocycles.